The first-order valence-corrected chi connectivity index (χ1v) is 9.84. The molecule has 0 aliphatic rings. The van der Waals surface area contributed by atoms with Crippen LogP contribution in [0, 0.1) is 0 Å². The Kier molecular flexibility index (Phi) is 9.24. The Bertz CT molecular complexity index is 887. The molecule has 2 N–H and O–H groups in total. The number of benzene rings is 2. The number of aliphatic carboxylic acids is 1. The average molecular weight is 410 g/mol. The lowest BCUT2D eigenvalue weighted by atomic mass is 10.1. The van der Waals surface area contributed by atoms with Crippen molar-refractivity contribution in [2.45, 2.75) is 39.0 Å². The molecule has 0 aliphatic heterocycles. The van der Waals surface area contributed by atoms with Gasteiger partial charge in [-0.25, -0.2) is 9.59 Å². The molecule has 0 aliphatic carbocycles. The third-order valence-corrected chi connectivity index (χ3v) is 4.39. The van der Waals surface area contributed by atoms with Crippen LogP contribution in [0.5, 0.6) is 5.75 Å². The van der Waals surface area contributed by atoms with E-state index >= 15 is 0 Å². The second-order valence-electron chi connectivity index (χ2n) is 6.79. The van der Waals surface area contributed by atoms with Crippen LogP contribution in [0.1, 0.15) is 49.4 Å². The minimum atomic E-state index is -0.975. The summed E-state index contributed by atoms with van der Waals surface area (Å²) >= 11 is 0. The van der Waals surface area contributed by atoms with Crippen molar-refractivity contribution in [3.63, 3.8) is 0 Å². The zero-order valence-electron chi connectivity index (χ0n) is 17.0. The molecule has 0 heterocycles. The Labute approximate surface area is 175 Å². The van der Waals surface area contributed by atoms with E-state index in [4.69, 9.17) is 14.9 Å². The number of ether oxygens (including phenoxy) is 1. The number of rotatable bonds is 12. The third kappa shape index (κ3) is 8.26. The maximum atomic E-state index is 10.8. The lowest BCUT2D eigenvalue weighted by molar-refractivity contribution is -0.132. The van der Waals surface area contributed by atoms with E-state index in [9.17, 15) is 9.59 Å². The van der Waals surface area contributed by atoms with Crippen LogP contribution in [-0.2, 0) is 4.79 Å². The first-order chi connectivity index (χ1) is 14.5. The van der Waals surface area contributed by atoms with Gasteiger partial charge in [-0.3, -0.25) is 0 Å². The highest BCUT2D eigenvalue weighted by atomic mass is 16.5. The molecule has 2 aromatic rings. The predicted octanol–water partition coefficient (Wildman–Crippen LogP) is 6.16. The van der Waals surface area contributed by atoms with Gasteiger partial charge in [-0.1, -0.05) is 18.9 Å². The molecule has 30 heavy (non-hydrogen) atoms. The van der Waals surface area contributed by atoms with Crippen molar-refractivity contribution in [2.75, 3.05) is 6.61 Å². The van der Waals surface area contributed by atoms with Gasteiger partial charge >= 0.3 is 11.9 Å². The van der Waals surface area contributed by atoms with Gasteiger partial charge in [0.15, 0.2) is 0 Å². The predicted molar refractivity (Wildman–Crippen MR) is 114 cm³/mol. The van der Waals surface area contributed by atoms with Gasteiger partial charge in [0.05, 0.1) is 23.5 Å². The van der Waals surface area contributed by atoms with E-state index in [0.717, 1.165) is 37.9 Å². The SMILES string of the molecule is CC(=CCCCCCCOc1ccc(N=Nc2ccc(C(=O)O)cc2)cc1)C(=O)O. The highest BCUT2D eigenvalue weighted by molar-refractivity contribution is 5.87. The molecule has 7 heteroatoms. The number of unbranched alkanes of at least 4 members (excludes halogenated alkanes) is 4. The second-order valence-corrected chi connectivity index (χ2v) is 6.79. The summed E-state index contributed by atoms with van der Waals surface area (Å²) in [6.07, 6.45) is 6.55. The van der Waals surface area contributed by atoms with Gasteiger partial charge in [-0.2, -0.15) is 10.2 Å². The van der Waals surface area contributed by atoms with E-state index in [1.54, 1.807) is 25.1 Å². The molecule has 0 bridgehead atoms. The summed E-state index contributed by atoms with van der Waals surface area (Å²) in [6.45, 7) is 2.24. The highest BCUT2D eigenvalue weighted by Crippen LogP contribution is 2.22. The van der Waals surface area contributed by atoms with Crippen molar-refractivity contribution in [2.24, 2.45) is 10.2 Å². The van der Waals surface area contributed by atoms with Gasteiger partial charge in [-0.05, 0) is 74.7 Å². The fourth-order valence-electron chi connectivity index (χ4n) is 2.59. The van der Waals surface area contributed by atoms with Gasteiger partial charge in [-0.15, -0.1) is 0 Å². The van der Waals surface area contributed by atoms with Crippen molar-refractivity contribution >= 4 is 23.3 Å². The van der Waals surface area contributed by atoms with Crippen LogP contribution in [0.25, 0.3) is 0 Å². The number of carboxylic acid groups (broad SMARTS) is 2. The topological polar surface area (TPSA) is 109 Å². The van der Waals surface area contributed by atoms with Crippen molar-refractivity contribution in [3.8, 4) is 5.75 Å². The van der Waals surface area contributed by atoms with Gasteiger partial charge in [0.1, 0.15) is 5.75 Å². The molecule has 0 unspecified atom stereocenters. The van der Waals surface area contributed by atoms with E-state index in [1.165, 1.54) is 12.1 Å². The minimum Gasteiger partial charge on any atom is -0.494 e. The number of carboxylic acids is 2. The standard InChI is InChI=1S/C23H26N2O5/c1-17(22(26)27)7-5-3-2-4-6-16-30-21-14-12-20(13-15-21)25-24-19-10-8-18(9-11-19)23(28)29/h7-15H,2-6,16H2,1H3,(H,26,27)(H,28,29). The Morgan fingerprint density at radius 1 is 0.867 bits per heavy atom. The number of carbonyl (C=O) groups is 2. The van der Waals surface area contributed by atoms with Crippen LogP contribution in [0.4, 0.5) is 11.4 Å². The summed E-state index contributed by atoms with van der Waals surface area (Å²) in [5.74, 6) is -1.07. The van der Waals surface area contributed by atoms with E-state index < -0.39 is 11.9 Å². The number of nitrogens with zero attached hydrogens (tertiary/aromatic N) is 2. The Morgan fingerprint density at radius 3 is 2.00 bits per heavy atom. The van der Waals surface area contributed by atoms with Crippen LogP contribution in [0.15, 0.2) is 70.4 Å². The molecule has 0 fully saturated rings. The van der Waals surface area contributed by atoms with E-state index in [2.05, 4.69) is 10.2 Å². The van der Waals surface area contributed by atoms with Crippen molar-refractivity contribution in [1.29, 1.82) is 0 Å². The van der Waals surface area contributed by atoms with E-state index in [1.807, 2.05) is 24.3 Å². The molecule has 0 amide bonds. The number of azo groups is 1. The summed E-state index contributed by atoms with van der Waals surface area (Å²) in [5, 5.41) is 25.9. The number of allylic oxidation sites excluding steroid dienone is 1. The molecular formula is C23H26N2O5. The number of hydrogen-bond acceptors (Lipinski definition) is 5. The van der Waals surface area contributed by atoms with E-state index in [-0.39, 0.29) is 5.56 Å². The third-order valence-electron chi connectivity index (χ3n) is 4.39. The monoisotopic (exact) mass is 410 g/mol. The summed E-state index contributed by atoms with van der Waals surface area (Å²) in [5.41, 5.74) is 1.86. The van der Waals surface area contributed by atoms with Crippen molar-refractivity contribution in [3.05, 3.63) is 65.7 Å². The molecule has 158 valence electrons. The summed E-state index contributed by atoms with van der Waals surface area (Å²) in [6, 6.07) is 13.5. The maximum absolute atomic E-state index is 10.8. The molecule has 0 saturated heterocycles. The first kappa shape index (κ1) is 22.8. The molecular weight excluding hydrogens is 384 g/mol. The Balaban J connectivity index is 1.66. The fraction of sp³-hybridized carbons (Fsp3) is 0.304. The zero-order valence-corrected chi connectivity index (χ0v) is 17.0. The minimum absolute atomic E-state index is 0.209. The first-order valence-electron chi connectivity index (χ1n) is 9.84. The lowest BCUT2D eigenvalue weighted by Crippen LogP contribution is -1.97. The smallest absolute Gasteiger partial charge is 0.335 e. The van der Waals surface area contributed by atoms with Crippen molar-refractivity contribution < 1.29 is 24.5 Å². The Morgan fingerprint density at radius 2 is 1.43 bits per heavy atom. The maximum Gasteiger partial charge on any atom is 0.335 e. The van der Waals surface area contributed by atoms with Crippen LogP contribution in [-0.4, -0.2) is 28.8 Å². The van der Waals surface area contributed by atoms with Gasteiger partial charge in [0.25, 0.3) is 0 Å². The second kappa shape index (κ2) is 12.2. The largest absolute Gasteiger partial charge is 0.494 e. The molecule has 0 radical (unpaired) electrons. The number of hydrogen-bond donors (Lipinski definition) is 2. The van der Waals surface area contributed by atoms with Gasteiger partial charge < -0.3 is 14.9 Å². The molecule has 0 saturated carbocycles. The highest BCUT2D eigenvalue weighted by Gasteiger charge is 2.01. The summed E-state index contributed by atoms with van der Waals surface area (Å²) in [4.78, 5) is 21.5. The van der Waals surface area contributed by atoms with E-state index in [0.29, 0.717) is 23.6 Å². The van der Waals surface area contributed by atoms with Gasteiger partial charge in [0, 0.05) is 5.57 Å². The molecule has 0 aromatic heterocycles. The van der Waals surface area contributed by atoms with Crippen LogP contribution < -0.4 is 4.74 Å². The quantitative estimate of drug-likeness (QED) is 0.247. The lowest BCUT2D eigenvalue weighted by Gasteiger charge is -2.06. The molecule has 2 rings (SSSR count). The Hall–Kier alpha value is -3.48. The zero-order chi connectivity index (χ0) is 21.8. The summed E-state index contributed by atoms with van der Waals surface area (Å²) in [7, 11) is 0. The van der Waals surface area contributed by atoms with Crippen LogP contribution >= 0.6 is 0 Å². The molecule has 2 aromatic carbocycles. The van der Waals surface area contributed by atoms with Crippen molar-refractivity contribution in [1.82, 2.24) is 0 Å². The fourth-order valence-corrected chi connectivity index (χ4v) is 2.59. The van der Waals surface area contributed by atoms with Crippen LogP contribution in [0.3, 0.4) is 0 Å². The molecule has 7 nitrogen and oxygen atoms in total. The molecule has 0 atom stereocenters. The normalized spacial score (nSPS) is 11.6. The summed E-state index contributed by atoms with van der Waals surface area (Å²) < 4.78 is 5.72. The molecule has 0 spiro atoms. The van der Waals surface area contributed by atoms with Gasteiger partial charge in [0.2, 0.25) is 0 Å². The van der Waals surface area contributed by atoms with Crippen LogP contribution in [0.2, 0.25) is 0 Å². The number of aromatic carboxylic acids is 1. The average Bonchev–Trinajstić information content (AvgIpc) is 2.75.